The predicted molar refractivity (Wildman–Crippen MR) is 68.5 cm³/mol. The molecule has 1 N–H and O–H groups in total. The van der Waals surface area contributed by atoms with Crippen LogP contribution in [0.3, 0.4) is 0 Å². The number of halogens is 1. The summed E-state index contributed by atoms with van der Waals surface area (Å²) in [7, 11) is 0. The van der Waals surface area contributed by atoms with Crippen LogP contribution in [0.1, 0.15) is 13.8 Å². The van der Waals surface area contributed by atoms with E-state index in [2.05, 4.69) is 35.1 Å². The fourth-order valence-corrected chi connectivity index (χ4v) is 1.98. The molecule has 0 bridgehead atoms. The van der Waals surface area contributed by atoms with Crippen LogP contribution in [0.2, 0.25) is 0 Å². The molecule has 1 aromatic carbocycles. The first-order chi connectivity index (χ1) is 7.66. The van der Waals surface area contributed by atoms with E-state index in [0.29, 0.717) is 19.1 Å². The quantitative estimate of drug-likeness (QED) is 0.925. The van der Waals surface area contributed by atoms with Crippen molar-refractivity contribution in [2.45, 2.75) is 13.8 Å². The van der Waals surface area contributed by atoms with E-state index < -0.39 is 0 Å². The number of hydrogen-bond acceptors (Lipinski definition) is 3. The fraction of sp³-hybridized carbons (Fsp3) is 0.500. The van der Waals surface area contributed by atoms with Gasteiger partial charge >= 0.3 is 0 Å². The summed E-state index contributed by atoms with van der Waals surface area (Å²) in [4.78, 5) is 0. The van der Waals surface area contributed by atoms with Crippen LogP contribution in [0, 0.1) is 5.92 Å². The average molecular weight is 286 g/mol. The maximum atomic E-state index is 5.54. The van der Waals surface area contributed by atoms with Crippen LogP contribution in [-0.2, 0) is 0 Å². The monoisotopic (exact) mass is 285 g/mol. The molecule has 0 saturated carbocycles. The summed E-state index contributed by atoms with van der Waals surface area (Å²) in [6.07, 6.45) is 0. The second-order valence-electron chi connectivity index (χ2n) is 4.25. The molecule has 3 nitrogen and oxygen atoms in total. The fourth-order valence-electron chi connectivity index (χ4n) is 1.51. The number of rotatable bonds is 3. The first-order valence-corrected chi connectivity index (χ1v) is 6.29. The second kappa shape index (κ2) is 4.95. The van der Waals surface area contributed by atoms with E-state index in [0.717, 1.165) is 28.2 Å². The Bertz CT molecular complexity index is 380. The number of fused-ring (bicyclic) bond motifs is 1. The van der Waals surface area contributed by atoms with Crippen LogP contribution in [0.5, 0.6) is 11.5 Å². The first-order valence-electron chi connectivity index (χ1n) is 5.50. The molecular weight excluding hydrogens is 270 g/mol. The Kier molecular flexibility index (Phi) is 3.59. The molecular formula is C12H16BrNO2. The molecule has 16 heavy (non-hydrogen) atoms. The highest BCUT2D eigenvalue weighted by atomic mass is 79.9. The van der Waals surface area contributed by atoms with Crippen molar-refractivity contribution in [3.05, 3.63) is 16.6 Å². The lowest BCUT2D eigenvalue weighted by molar-refractivity contribution is 0.171. The third-order valence-corrected chi connectivity index (χ3v) is 2.99. The van der Waals surface area contributed by atoms with E-state index in [1.165, 1.54) is 0 Å². The van der Waals surface area contributed by atoms with Crippen LogP contribution in [0.25, 0.3) is 0 Å². The van der Waals surface area contributed by atoms with E-state index in [1.807, 2.05) is 12.1 Å². The third-order valence-electron chi connectivity index (χ3n) is 2.33. The number of hydrogen-bond donors (Lipinski definition) is 1. The van der Waals surface area contributed by atoms with Gasteiger partial charge < -0.3 is 14.8 Å². The molecule has 1 aromatic rings. The minimum Gasteiger partial charge on any atom is -0.486 e. The number of benzene rings is 1. The van der Waals surface area contributed by atoms with Crippen molar-refractivity contribution in [3.63, 3.8) is 0 Å². The Morgan fingerprint density at radius 3 is 2.50 bits per heavy atom. The molecule has 0 amide bonds. The summed E-state index contributed by atoms with van der Waals surface area (Å²) < 4.78 is 12.1. The van der Waals surface area contributed by atoms with Crippen LogP contribution < -0.4 is 14.8 Å². The van der Waals surface area contributed by atoms with Gasteiger partial charge in [-0.3, -0.25) is 0 Å². The van der Waals surface area contributed by atoms with Gasteiger partial charge in [-0.25, -0.2) is 0 Å². The predicted octanol–water partition coefficient (Wildman–Crippen LogP) is 3.29. The Labute approximate surface area is 104 Å². The van der Waals surface area contributed by atoms with E-state index in [9.17, 15) is 0 Å². The third kappa shape index (κ3) is 2.61. The minimum atomic E-state index is 0.611. The van der Waals surface area contributed by atoms with Crippen LogP contribution in [-0.4, -0.2) is 19.8 Å². The molecule has 0 atom stereocenters. The number of anilines is 1. The molecule has 2 rings (SSSR count). The van der Waals surface area contributed by atoms with Gasteiger partial charge in [0.15, 0.2) is 11.5 Å². The molecule has 0 spiro atoms. The largest absolute Gasteiger partial charge is 0.486 e. The van der Waals surface area contributed by atoms with Gasteiger partial charge in [0, 0.05) is 23.2 Å². The molecule has 0 aromatic heterocycles. The highest BCUT2D eigenvalue weighted by molar-refractivity contribution is 9.10. The van der Waals surface area contributed by atoms with Gasteiger partial charge in [-0.05, 0) is 21.8 Å². The molecule has 1 aliphatic heterocycles. The molecule has 0 unspecified atom stereocenters. The molecule has 0 aliphatic carbocycles. The molecule has 1 heterocycles. The summed E-state index contributed by atoms with van der Waals surface area (Å²) in [6, 6.07) is 3.94. The lowest BCUT2D eigenvalue weighted by atomic mass is 10.2. The Hall–Kier alpha value is -0.900. The van der Waals surface area contributed by atoms with Gasteiger partial charge in [-0.15, -0.1) is 0 Å². The smallest absolute Gasteiger partial charge is 0.163 e. The summed E-state index contributed by atoms with van der Waals surface area (Å²) in [6.45, 7) is 6.55. The summed E-state index contributed by atoms with van der Waals surface area (Å²) in [5.74, 6) is 2.24. The van der Waals surface area contributed by atoms with Crippen molar-refractivity contribution in [2.24, 2.45) is 5.92 Å². The van der Waals surface area contributed by atoms with Gasteiger partial charge in [0.2, 0.25) is 0 Å². The molecule has 88 valence electrons. The SMILES string of the molecule is CC(C)CNc1cc2c(cc1Br)OCCO2. The minimum absolute atomic E-state index is 0.611. The van der Waals surface area contributed by atoms with E-state index >= 15 is 0 Å². The van der Waals surface area contributed by atoms with Crippen molar-refractivity contribution in [3.8, 4) is 11.5 Å². The molecule has 4 heteroatoms. The maximum absolute atomic E-state index is 5.54. The zero-order valence-corrected chi connectivity index (χ0v) is 11.1. The average Bonchev–Trinajstić information content (AvgIpc) is 2.26. The summed E-state index contributed by atoms with van der Waals surface area (Å²) in [5.41, 5.74) is 1.05. The maximum Gasteiger partial charge on any atom is 0.163 e. The van der Waals surface area contributed by atoms with E-state index in [4.69, 9.17) is 9.47 Å². The van der Waals surface area contributed by atoms with Crippen LogP contribution in [0.4, 0.5) is 5.69 Å². The van der Waals surface area contributed by atoms with Crippen molar-refractivity contribution >= 4 is 21.6 Å². The van der Waals surface area contributed by atoms with E-state index in [1.54, 1.807) is 0 Å². The van der Waals surface area contributed by atoms with Crippen molar-refractivity contribution in [1.82, 2.24) is 0 Å². The normalized spacial score (nSPS) is 14.0. The van der Waals surface area contributed by atoms with Crippen molar-refractivity contribution in [1.29, 1.82) is 0 Å². The highest BCUT2D eigenvalue weighted by Crippen LogP contribution is 2.38. The Morgan fingerprint density at radius 2 is 1.88 bits per heavy atom. The Balaban J connectivity index is 2.18. The Morgan fingerprint density at radius 1 is 1.25 bits per heavy atom. The zero-order valence-electron chi connectivity index (χ0n) is 9.55. The molecule has 1 aliphatic rings. The van der Waals surface area contributed by atoms with Gasteiger partial charge in [0.25, 0.3) is 0 Å². The highest BCUT2D eigenvalue weighted by Gasteiger charge is 2.14. The zero-order chi connectivity index (χ0) is 11.5. The second-order valence-corrected chi connectivity index (χ2v) is 5.10. The summed E-state index contributed by atoms with van der Waals surface area (Å²) >= 11 is 3.53. The van der Waals surface area contributed by atoms with Gasteiger partial charge in [0.1, 0.15) is 13.2 Å². The van der Waals surface area contributed by atoms with E-state index in [-0.39, 0.29) is 0 Å². The number of ether oxygens (including phenoxy) is 2. The van der Waals surface area contributed by atoms with Gasteiger partial charge in [0.05, 0.1) is 5.69 Å². The molecule has 0 fully saturated rings. The number of nitrogens with one attached hydrogen (secondary N) is 1. The van der Waals surface area contributed by atoms with Crippen molar-refractivity contribution < 1.29 is 9.47 Å². The standard InChI is InChI=1S/C12H16BrNO2/c1-8(2)7-14-10-6-12-11(5-9(10)13)15-3-4-16-12/h5-6,8,14H,3-4,7H2,1-2H3. The van der Waals surface area contributed by atoms with Crippen molar-refractivity contribution in [2.75, 3.05) is 25.1 Å². The summed E-state index contributed by atoms with van der Waals surface area (Å²) in [5, 5.41) is 3.38. The topological polar surface area (TPSA) is 30.5 Å². The molecule has 0 radical (unpaired) electrons. The van der Waals surface area contributed by atoms with Crippen LogP contribution in [0.15, 0.2) is 16.6 Å². The molecule has 0 saturated heterocycles. The van der Waals surface area contributed by atoms with Gasteiger partial charge in [-0.2, -0.15) is 0 Å². The lowest BCUT2D eigenvalue weighted by Crippen LogP contribution is -2.16. The first kappa shape index (κ1) is 11.6. The lowest BCUT2D eigenvalue weighted by Gasteiger charge is -2.20. The van der Waals surface area contributed by atoms with Gasteiger partial charge in [-0.1, -0.05) is 13.8 Å². The van der Waals surface area contributed by atoms with Crippen LogP contribution >= 0.6 is 15.9 Å².